The Kier molecular flexibility index (Phi) is 8.51. The molecule has 1 rings (SSSR count). The van der Waals surface area contributed by atoms with Crippen molar-refractivity contribution in [2.45, 2.75) is 33.2 Å². The van der Waals surface area contributed by atoms with E-state index in [1.54, 1.807) is 0 Å². The van der Waals surface area contributed by atoms with E-state index in [2.05, 4.69) is 53.4 Å². The second-order valence-corrected chi connectivity index (χ2v) is 5.22. The molecule has 1 aromatic rings. The maximum Gasteiger partial charge on any atom is 0.193 e. The Bertz CT molecular complexity index is 415. The first-order valence-corrected chi connectivity index (χ1v) is 7.72. The first-order valence-electron chi connectivity index (χ1n) is 7.72. The molecular formula is C17H29N3O. The van der Waals surface area contributed by atoms with Crippen LogP contribution in [0.15, 0.2) is 29.3 Å². The van der Waals surface area contributed by atoms with E-state index >= 15 is 0 Å². The summed E-state index contributed by atoms with van der Waals surface area (Å²) >= 11 is 0. The van der Waals surface area contributed by atoms with Gasteiger partial charge in [0.05, 0.1) is 0 Å². The Hall–Kier alpha value is -1.55. The van der Waals surface area contributed by atoms with Gasteiger partial charge in [0.1, 0.15) is 0 Å². The third-order valence-electron chi connectivity index (χ3n) is 3.32. The zero-order valence-electron chi connectivity index (χ0n) is 13.9. The lowest BCUT2D eigenvalue weighted by atomic mass is 10.1. The standard InChI is InChI=1S/C17H29N3O/c1-5-21-13-7-6-12-19-17(18-3)20(4)14-16-10-8-15(2)9-11-16/h8-11H,5-7,12-14H2,1-4H3,(H,18,19). The molecule has 4 heteroatoms. The van der Waals surface area contributed by atoms with Gasteiger partial charge in [0.25, 0.3) is 0 Å². The van der Waals surface area contributed by atoms with Gasteiger partial charge in [0.2, 0.25) is 0 Å². The molecular weight excluding hydrogens is 262 g/mol. The van der Waals surface area contributed by atoms with E-state index in [0.29, 0.717) is 0 Å². The summed E-state index contributed by atoms with van der Waals surface area (Å²) in [5.74, 6) is 0.937. The van der Waals surface area contributed by atoms with Gasteiger partial charge in [-0.15, -0.1) is 0 Å². The van der Waals surface area contributed by atoms with Crippen molar-refractivity contribution in [3.8, 4) is 0 Å². The Morgan fingerprint density at radius 1 is 1.24 bits per heavy atom. The third-order valence-corrected chi connectivity index (χ3v) is 3.32. The number of nitrogens with zero attached hydrogens (tertiary/aromatic N) is 2. The van der Waals surface area contributed by atoms with Gasteiger partial charge in [0, 0.05) is 40.4 Å². The highest BCUT2D eigenvalue weighted by Crippen LogP contribution is 2.06. The Balaban J connectivity index is 2.32. The summed E-state index contributed by atoms with van der Waals surface area (Å²) in [7, 11) is 3.89. The van der Waals surface area contributed by atoms with Crippen LogP contribution in [0.2, 0.25) is 0 Å². The number of ether oxygens (including phenoxy) is 1. The van der Waals surface area contributed by atoms with Crippen LogP contribution in [0.4, 0.5) is 0 Å². The molecule has 0 saturated carbocycles. The van der Waals surface area contributed by atoms with Crippen molar-refractivity contribution in [1.82, 2.24) is 10.2 Å². The molecule has 4 nitrogen and oxygen atoms in total. The topological polar surface area (TPSA) is 36.9 Å². The van der Waals surface area contributed by atoms with Crippen LogP contribution in [0, 0.1) is 6.92 Å². The van der Waals surface area contributed by atoms with Crippen molar-refractivity contribution in [2.75, 3.05) is 33.9 Å². The quantitative estimate of drug-likeness (QED) is 0.454. The van der Waals surface area contributed by atoms with Crippen LogP contribution in [-0.4, -0.2) is 44.7 Å². The molecule has 0 saturated heterocycles. The molecule has 0 heterocycles. The Morgan fingerprint density at radius 3 is 2.57 bits per heavy atom. The normalized spacial score (nSPS) is 11.5. The SMILES string of the molecule is CCOCCCCNC(=NC)N(C)Cc1ccc(C)cc1. The van der Waals surface area contributed by atoms with Crippen LogP contribution in [0.1, 0.15) is 30.9 Å². The number of unbranched alkanes of at least 4 members (excludes halogenated alkanes) is 1. The third kappa shape index (κ3) is 7.14. The molecule has 118 valence electrons. The molecule has 1 aromatic carbocycles. The van der Waals surface area contributed by atoms with Gasteiger partial charge in [-0.2, -0.15) is 0 Å². The predicted molar refractivity (Wildman–Crippen MR) is 89.7 cm³/mol. The summed E-state index contributed by atoms with van der Waals surface area (Å²) in [5.41, 5.74) is 2.58. The fourth-order valence-electron chi connectivity index (χ4n) is 2.10. The summed E-state index contributed by atoms with van der Waals surface area (Å²) in [4.78, 5) is 6.48. The first kappa shape index (κ1) is 17.5. The van der Waals surface area contributed by atoms with Gasteiger partial charge in [0.15, 0.2) is 5.96 Å². The summed E-state index contributed by atoms with van der Waals surface area (Å²) in [5, 5.41) is 3.40. The molecule has 0 aliphatic carbocycles. The molecule has 1 N–H and O–H groups in total. The molecule has 0 aliphatic rings. The van der Waals surface area contributed by atoms with Crippen molar-refractivity contribution in [2.24, 2.45) is 4.99 Å². The van der Waals surface area contributed by atoms with Gasteiger partial charge < -0.3 is 15.0 Å². The number of hydrogen-bond acceptors (Lipinski definition) is 2. The molecule has 0 bridgehead atoms. The van der Waals surface area contributed by atoms with Gasteiger partial charge in [-0.3, -0.25) is 4.99 Å². The molecule has 21 heavy (non-hydrogen) atoms. The summed E-state index contributed by atoms with van der Waals surface area (Å²) in [6, 6.07) is 8.63. The minimum absolute atomic E-state index is 0.800. The highest BCUT2D eigenvalue weighted by molar-refractivity contribution is 5.79. The number of nitrogens with one attached hydrogen (secondary N) is 1. The molecule has 0 aliphatic heterocycles. The molecule has 0 radical (unpaired) electrons. The predicted octanol–water partition coefficient (Wildman–Crippen LogP) is 2.82. The largest absolute Gasteiger partial charge is 0.382 e. The second kappa shape index (κ2) is 10.2. The van der Waals surface area contributed by atoms with E-state index < -0.39 is 0 Å². The lowest BCUT2D eigenvalue weighted by Crippen LogP contribution is -2.38. The smallest absolute Gasteiger partial charge is 0.193 e. The van der Waals surface area contributed by atoms with E-state index in [1.165, 1.54) is 11.1 Å². The molecule has 0 spiro atoms. The maximum atomic E-state index is 5.33. The van der Waals surface area contributed by atoms with Crippen molar-refractivity contribution < 1.29 is 4.74 Å². The molecule has 0 aromatic heterocycles. The zero-order valence-corrected chi connectivity index (χ0v) is 13.9. The lowest BCUT2D eigenvalue weighted by molar-refractivity contribution is 0.143. The average Bonchev–Trinajstić information content (AvgIpc) is 2.49. The van der Waals surface area contributed by atoms with Gasteiger partial charge >= 0.3 is 0 Å². The molecule has 0 atom stereocenters. The number of aryl methyl sites for hydroxylation is 1. The summed E-state index contributed by atoms with van der Waals surface area (Å²) in [6.07, 6.45) is 2.18. The van der Waals surface area contributed by atoms with Crippen LogP contribution >= 0.6 is 0 Å². The van der Waals surface area contributed by atoms with Crippen molar-refractivity contribution >= 4 is 5.96 Å². The van der Waals surface area contributed by atoms with Gasteiger partial charge in [-0.25, -0.2) is 0 Å². The van der Waals surface area contributed by atoms with Crippen LogP contribution in [-0.2, 0) is 11.3 Å². The maximum absolute atomic E-state index is 5.33. The molecule has 0 fully saturated rings. The van der Waals surface area contributed by atoms with Crippen LogP contribution in [0.5, 0.6) is 0 Å². The fraction of sp³-hybridized carbons (Fsp3) is 0.588. The van der Waals surface area contributed by atoms with E-state index in [1.807, 2.05) is 14.0 Å². The van der Waals surface area contributed by atoms with Crippen molar-refractivity contribution in [1.29, 1.82) is 0 Å². The number of hydrogen-bond donors (Lipinski definition) is 1. The van der Waals surface area contributed by atoms with Crippen LogP contribution in [0.3, 0.4) is 0 Å². The number of benzene rings is 1. The Morgan fingerprint density at radius 2 is 1.95 bits per heavy atom. The highest BCUT2D eigenvalue weighted by Gasteiger charge is 2.05. The van der Waals surface area contributed by atoms with E-state index in [0.717, 1.165) is 45.1 Å². The van der Waals surface area contributed by atoms with Crippen LogP contribution < -0.4 is 5.32 Å². The first-order chi connectivity index (χ1) is 10.2. The van der Waals surface area contributed by atoms with Gasteiger partial charge in [-0.05, 0) is 32.3 Å². The van der Waals surface area contributed by atoms with E-state index in [4.69, 9.17) is 4.74 Å². The van der Waals surface area contributed by atoms with E-state index in [-0.39, 0.29) is 0 Å². The molecule has 0 amide bonds. The minimum Gasteiger partial charge on any atom is -0.382 e. The second-order valence-electron chi connectivity index (χ2n) is 5.22. The van der Waals surface area contributed by atoms with Crippen molar-refractivity contribution in [3.63, 3.8) is 0 Å². The number of guanidine groups is 1. The van der Waals surface area contributed by atoms with Crippen LogP contribution in [0.25, 0.3) is 0 Å². The summed E-state index contributed by atoms with van der Waals surface area (Å²) < 4.78 is 5.33. The van der Waals surface area contributed by atoms with Gasteiger partial charge in [-0.1, -0.05) is 29.8 Å². The zero-order chi connectivity index (χ0) is 15.5. The van der Waals surface area contributed by atoms with Crippen molar-refractivity contribution in [3.05, 3.63) is 35.4 Å². The average molecular weight is 291 g/mol. The summed E-state index contributed by atoms with van der Waals surface area (Å²) in [6.45, 7) is 7.57. The van der Waals surface area contributed by atoms with E-state index in [9.17, 15) is 0 Å². The number of rotatable bonds is 8. The monoisotopic (exact) mass is 291 g/mol. The lowest BCUT2D eigenvalue weighted by Gasteiger charge is -2.22. The fourth-order valence-corrected chi connectivity index (χ4v) is 2.10. The number of aliphatic imine (C=N–C) groups is 1. The minimum atomic E-state index is 0.800. The Labute approximate surface area is 129 Å². The highest BCUT2D eigenvalue weighted by atomic mass is 16.5. The molecule has 0 unspecified atom stereocenters.